The molecule has 0 radical (unpaired) electrons. The van der Waals surface area contributed by atoms with Gasteiger partial charge in [0, 0.05) is 5.56 Å². The van der Waals surface area contributed by atoms with Crippen molar-refractivity contribution in [3.05, 3.63) is 54.1 Å². The topological polar surface area (TPSA) is 92.4 Å². The van der Waals surface area contributed by atoms with Crippen LogP contribution in [0.15, 0.2) is 63.7 Å². The second-order valence-electron chi connectivity index (χ2n) is 6.27. The molecule has 7 heteroatoms. The summed E-state index contributed by atoms with van der Waals surface area (Å²) in [5.74, 6) is 0.689. The number of urea groups is 1. The van der Waals surface area contributed by atoms with Crippen molar-refractivity contribution in [2.24, 2.45) is 11.0 Å². The minimum absolute atomic E-state index is 0.0114. The van der Waals surface area contributed by atoms with E-state index in [1.165, 1.54) is 0 Å². The predicted molar refractivity (Wildman–Crippen MR) is 101 cm³/mol. The van der Waals surface area contributed by atoms with Crippen LogP contribution < -0.4 is 10.7 Å². The average Bonchev–Trinajstić information content (AvgIpc) is 3.10. The fourth-order valence-electron chi connectivity index (χ4n) is 2.64. The van der Waals surface area contributed by atoms with Crippen molar-refractivity contribution in [1.82, 2.24) is 15.6 Å². The molecular weight excluding hydrogens is 330 g/mol. The number of carbonyl (C=O) groups is 1. The van der Waals surface area contributed by atoms with E-state index in [1.54, 1.807) is 0 Å². The van der Waals surface area contributed by atoms with Crippen LogP contribution in [0.2, 0.25) is 0 Å². The summed E-state index contributed by atoms with van der Waals surface area (Å²) < 4.78 is 5.44. The summed E-state index contributed by atoms with van der Waals surface area (Å²) >= 11 is 0. The zero-order chi connectivity index (χ0) is 18.5. The lowest BCUT2D eigenvalue weighted by Crippen LogP contribution is -2.27. The monoisotopic (exact) mass is 351 g/mol. The van der Waals surface area contributed by atoms with Crippen molar-refractivity contribution in [3.63, 3.8) is 0 Å². The van der Waals surface area contributed by atoms with Gasteiger partial charge < -0.3 is 4.42 Å². The molecule has 1 aromatic heterocycles. The van der Waals surface area contributed by atoms with Crippen LogP contribution in [0.5, 0.6) is 0 Å². The Morgan fingerprint density at radius 3 is 2.81 bits per heavy atom. The number of hydrazone groups is 1. The maximum atomic E-state index is 12.0. The number of hydrogen-bond acceptors (Lipinski definition) is 5. The van der Waals surface area contributed by atoms with Crippen LogP contribution in [0.1, 0.15) is 26.7 Å². The number of anilines is 1. The fourth-order valence-corrected chi connectivity index (χ4v) is 2.64. The molecular formula is C19H21N5O2. The van der Waals surface area contributed by atoms with E-state index in [4.69, 9.17) is 4.42 Å². The third-order valence-corrected chi connectivity index (χ3v) is 4.26. The fraction of sp³-hybridized carbons (Fsp3) is 0.263. The molecule has 134 valence electrons. The molecule has 1 aliphatic carbocycles. The summed E-state index contributed by atoms with van der Waals surface area (Å²) in [6.07, 6.45) is 3.83. The van der Waals surface area contributed by atoms with E-state index in [0.717, 1.165) is 35.3 Å². The Morgan fingerprint density at radius 2 is 2.08 bits per heavy atom. The lowest BCUT2D eigenvalue weighted by molar-refractivity contribution is 0.252. The molecule has 1 unspecified atom stereocenters. The summed E-state index contributed by atoms with van der Waals surface area (Å²) in [4.78, 5) is 12.0. The largest absolute Gasteiger partial charge is 0.403 e. The second-order valence-corrected chi connectivity index (χ2v) is 6.27. The Morgan fingerprint density at radius 1 is 1.31 bits per heavy atom. The summed E-state index contributed by atoms with van der Waals surface area (Å²) in [7, 11) is 0. The van der Waals surface area contributed by atoms with Crippen molar-refractivity contribution >= 4 is 17.8 Å². The van der Waals surface area contributed by atoms with Gasteiger partial charge in [0.05, 0.1) is 5.71 Å². The molecule has 0 spiro atoms. The van der Waals surface area contributed by atoms with Crippen LogP contribution in [-0.2, 0) is 0 Å². The van der Waals surface area contributed by atoms with Crippen molar-refractivity contribution in [1.29, 1.82) is 0 Å². The van der Waals surface area contributed by atoms with Crippen molar-refractivity contribution in [2.45, 2.75) is 26.7 Å². The van der Waals surface area contributed by atoms with Gasteiger partial charge in [-0.2, -0.15) is 5.10 Å². The van der Waals surface area contributed by atoms with Crippen molar-refractivity contribution in [3.8, 4) is 11.5 Å². The number of aromatic nitrogens is 2. The molecule has 2 amide bonds. The average molecular weight is 351 g/mol. The highest BCUT2D eigenvalue weighted by Crippen LogP contribution is 2.26. The number of hydrogen-bond donors (Lipinski definition) is 2. The highest BCUT2D eigenvalue weighted by atomic mass is 16.4. The summed E-state index contributed by atoms with van der Waals surface area (Å²) in [6.45, 7) is 8.00. The molecule has 2 aromatic rings. The van der Waals surface area contributed by atoms with Crippen LogP contribution in [0, 0.1) is 5.92 Å². The van der Waals surface area contributed by atoms with E-state index >= 15 is 0 Å². The van der Waals surface area contributed by atoms with E-state index in [-0.39, 0.29) is 6.01 Å². The first kappa shape index (κ1) is 17.6. The molecule has 26 heavy (non-hydrogen) atoms. The van der Waals surface area contributed by atoms with Gasteiger partial charge in [-0.05, 0) is 50.3 Å². The Labute approximate surface area is 151 Å². The number of allylic oxidation sites excluding steroid dienone is 3. The highest BCUT2D eigenvalue weighted by Gasteiger charge is 2.19. The third-order valence-electron chi connectivity index (χ3n) is 4.26. The molecule has 7 nitrogen and oxygen atoms in total. The van der Waals surface area contributed by atoms with Gasteiger partial charge in [0.2, 0.25) is 5.89 Å². The standard InChI is InChI=1S/C19H21N5O2/c1-12(2)15-10-9-13(3)16(11-15)21-23-18(25)20-19-24-22-17(26-19)14-7-5-4-6-8-14/h4-9,15H,1,10-11H2,2-3H3,(H2,20,23,24,25)/b21-16+. The van der Waals surface area contributed by atoms with Crippen LogP contribution in [-0.4, -0.2) is 21.9 Å². The molecule has 0 aliphatic heterocycles. The minimum atomic E-state index is -0.536. The van der Waals surface area contributed by atoms with Gasteiger partial charge in [0.25, 0.3) is 0 Å². The van der Waals surface area contributed by atoms with Gasteiger partial charge in [-0.25, -0.2) is 10.2 Å². The highest BCUT2D eigenvalue weighted by molar-refractivity contribution is 6.01. The number of rotatable bonds is 4. The summed E-state index contributed by atoms with van der Waals surface area (Å²) in [6, 6.07) is 8.80. The Balaban J connectivity index is 1.61. The van der Waals surface area contributed by atoms with Crippen LogP contribution in [0.3, 0.4) is 0 Å². The molecule has 1 aromatic carbocycles. The zero-order valence-electron chi connectivity index (χ0n) is 14.8. The van der Waals surface area contributed by atoms with Crippen LogP contribution in [0.4, 0.5) is 10.8 Å². The first-order chi connectivity index (χ1) is 12.5. The van der Waals surface area contributed by atoms with E-state index in [9.17, 15) is 4.79 Å². The number of carbonyl (C=O) groups excluding carboxylic acids is 1. The number of benzene rings is 1. The number of nitrogens with one attached hydrogen (secondary N) is 2. The molecule has 0 fully saturated rings. The predicted octanol–water partition coefficient (Wildman–Crippen LogP) is 4.15. The molecule has 0 saturated carbocycles. The van der Waals surface area contributed by atoms with E-state index in [0.29, 0.717) is 11.8 Å². The van der Waals surface area contributed by atoms with E-state index in [2.05, 4.69) is 38.7 Å². The molecule has 1 heterocycles. The van der Waals surface area contributed by atoms with Crippen LogP contribution >= 0.6 is 0 Å². The lowest BCUT2D eigenvalue weighted by atomic mass is 9.85. The van der Waals surface area contributed by atoms with Gasteiger partial charge in [-0.1, -0.05) is 41.5 Å². The minimum Gasteiger partial charge on any atom is -0.403 e. The zero-order valence-corrected chi connectivity index (χ0v) is 14.8. The molecule has 0 saturated heterocycles. The summed E-state index contributed by atoms with van der Waals surface area (Å²) in [5.41, 5.74) is 6.28. The number of amides is 2. The van der Waals surface area contributed by atoms with Gasteiger partial charge in [-0.15, -0.1) is 5.10 Å². The van der Waals surface area contributed by atoms with E-state index in [1.807, 2.05) is 44.2 Å². The van der Waals surface area contributed by atoms with Crippen molar-refractivity contribution in [2.75, 3.05) is 5.32 Å². The Bertz CT molecular complexity index is 867. The van der Waals surface area contributed by atoms with Crippen LogP contribution in [0.25, 0.3) is 11.5 Å². The molecule has 3 rings (SSSR count). The molecule has 0 bridgehead atoms. The molecule has 1 atom stereocenters. The first-order valence-electron chi connectivity index (χ1n) is 8.38. The normalized spacial score (nSPS) is 18.3. The van der Waals surface area contributed by atoms with Crippen molar-refractivity contribution < 1.29 is 9.21 Å². The molecule has 1 aliphatic rings. The Hall–Kier alpha value is -3.22. The Kier molecular flexibility index (Phi) is 5.26. The number of nitrogens with zero attached hydrogens (tertiary/aromatic N) is 3. The first-order valence-corrected chi connectivity index (χ1v) is 8.38. The maximum Gasteiger partial charge on any atom is 0.343 e. The third kappa shape index (κ3) is 4.24. The summed E-state index contributed by atoms with van der Waals surface area (Å²) in [5, 5.41) is 14.4. The molecule has 2 N–H and O–H groups in total. The second kappa shape index (κ2) is 7.77. The van der Waals surface area contributed by atoms with Gasteiger partial charge in [0.1, 0.15) is 0 Å². The lowest BCUT2D eigenvalue weighted by Gasteiger charge is -2.22. The smallest absolute Gasteiger partial charge is 0.343 e. The quantitative estimate of drug-likeness (QED) is 0.639. The van der Waals surface area contributed by atoms with Gasteiger partial charge in [-0.3, -0.25) is 5.32 Å². The van der Waals surface area contributed by atoms with Gasteiger partial charge in [0.15, 0.2) is 0 Å². The maximum absolute atomic E-state index is 12.0. The van der Waals surface area contributed by atoms with E-state index < -0.39 is 6.03 Å². The SMILES string of the molecule is C=C(C)C1CC=C(C)/C(=N/NC(=O)Nc2nnc(-c3ccccc3)o2)C1. The van der Waals surface area contributed by atoms with Gasteiger partial charge >= 0.3 is 12.0 Å².